The predicted molar refractivity (Wildman–Crippen MR) is 74.9 cm³/mol. The van der Waals surface area contributed by atoms with Crippen molar-refractivity contribution in [3.8, 4) is 12.3 Å². The summed E-state index contributed by atoms with van der Waals surface area (Å²) in [6, 6.07) is 0.0557. The van der Waals surface area contributed by atoms with Crippen LogP contribution in [0, 0.1) is 12.3 Å². The molecule has 0 aliphatic carbocycles. The molecule has 0 amide bonds. The van der Waals surface area contributed by atoms with Crippen LogP contribution in [-0.4, -0.2) is 15.8 Å². The molecular weight excluding hydrogens is 250 g/mol. The maximum Gasteiger partial charge on any atom is 0.287 e. The number of unbranched alkanes of at least 4 members (excludes halogenated alkanes) is 1. The topological polar surface area (TPSA) is 46.9 Å². The van der Waals surface area contributed by atoms with Gasteiger partial charge in [0.2, 0.25) is 0 Å². The standard InChI is InChI=1S/C13H18ClN3O/c1-4-6-8-17-13(18)12(14)11(9-15-17)16-10(3)7-5-2/h2,9-10,16H,4,6-8H2,1,3H3. The van der Waals surface area contributed by atoms with E-state index in [1.807, 2.05) is 6.92 Å². The monoisotopic (exact) mass is 267 g/mol. The quantitative estimate of drug-likeness (QED) is 0.806. The van der Waals surface area contributed by atoms with Crippen molar-refractivity contribution < 1.29 is 0 Å². The van der Waals surface area contributed by atoms with Gasteiger partial charge in [-0.05, 0) is 13.3 Å². The summed E-state index contributed by atoms with van der Waals surface area (Å²) in [5, 5.41) is 7.35. The molecule has 0 aromatic carbocycles. The van der Waals surface area contributed by atoms with E-state index < -0.39 is 0 Å². The Hall–Kier alpha value is -1.47. The van der Waals surface area contributed by atoms with Crippen molar-refractivity contribution in [3.05, 3.63) is 21.6 Å². The molecule has 5 heteroatoms. The van der Waals surface area contributed by atoms with Gasteiger partial charge in [-0.2, -0.15) is 5.10 Å². The Morgan fingerprint density at radius 2 is 2.39 bits per heavy atom. The number of hydrogen-bond donors (Lipinski definition) is 1. The van der Waals surface area contributed by atoms with Crippen molar-refractivity contribution in [3.63, 3.8) is 0 Å². The largest absolute Gasteiger partial charge is 0.379 e. The fourth-order valence-corrected chi connectivity index (χ4v) is 1.73. The maximum atomic E-state index is 11.9. The van der Waals surface area contributed by atoms with E-state index in [9.17, 15) is 4.79 Å². The van der Waals surface area contributed by atoms with Gasteiger partial charge in [0.15, 0.2) is 0 Å². The van der Waals surface area contributed by atoms with Crippen LogP contribution in [0.1, 0.15) is 33.1 Å². The normalized spacial score (nSPS) is 11.9. The molecule has 1 atom stereocenters. The number of anilines is 1. The van der Waals surface area contributed by atoms with E-state index in [1.54, 1.807) is 6.20 Å². The summed E-state index contributed by atoms with van der Waals surface area (Å²) >= 11 is 6.03. The zero-order valence-electron chi connectivity index (χ0n) is 10.7. The maximum absolute atomic E-state index is 11.9. The summed E-state index contributed by atoms with van der Waals surface area (Å²) in [5.74, 6) is 2.55. The Kier molecular flexibility index (Phi) is 5.73. The SMILES string of the molecule is C#CCC(C)Nc1cnn(CCCC)c(=O)c1Cl. The first-order chi connectivity index (χ1) is 8.60. The molecule has 0 saturated carbocycles. The number of nitrogens with one attached hydrogen (secondary N) is 1. The fourth-order valence-electron chi connectivity index (χ4n) is 1.53. The van der Waals surface area contributed by atoms with Gasteiger partial charge >= 0.3 is 0 Å². The zero-order chi connectivity index (χ0) is 13.5. The highest BCUT2D eigenvalue weighted by atomic mass is 35.5. The summed E-state index contributed by atoms with van der Waals surface area (Å²) in [7, 11) is 0. The van der Waals surface area contributed by atoms with Gasteiger partial charge in [0.1, 0.15) is 5.02 Å². The number of aryl methyl sites for hydroxylation is 1. The molecule has 4 nitrogen and oxygen atoms in total. The molecule has 1 unspecified atom stereocenters. The first-order valence-electron chi connectivity index (χ1n) is 6.05. The summed E-state index contributed by atoms with van der Waals surface area (Å²) in [6.07, 6.45) is 9.28. The molecule has 1 heterocycles. The summed E-state index contributed by atoms with van der Waals surface area (Å²) in [4.78, 5) is 11.9. The van der Waals surface area contributed by atoms with Crippen LogP contribution in [0.2, 0.25) is 5.02 Å². The lowest BCUT2D eigenvalue weighted by atomic mass is 10.2. The van der Waals surface area contributed by atoms with E-state index in [0.717, 1.165) is 12.8 Å². The van der Waals surface area contributed by atoms with Crippen molar-refractivity contribution in [2.75, 3.05) is 5.32 Å². The first kappa shape index (κ1) is 14.6. The minimum absolute atomic E-state index is 0.0557. The van der Waals surface area contributed by atoms with Crippen molar-refractivity contribution >= 4 is 17.3 Å². The number of aromatic nitrogens is 2. The second kappa shape index (κ2) is 7.07. The predicted octanol–water partition coefficient (Wildman–Crippen LogP) is 2.52. The summed E-state index contributed by atoms with van der Waals surface area (Å²) in [5.41, 5.74) is 0.278. The number of rotatable bonds is 6. The van der Waals surface area contributed by atoms with Gasteiger partial charge in [0.05, 0.1) is 11.9 Å². The molecule has 1 N–H and O–H groups in total. The van der Waals surface area contributed by atoms with E-state index in [1.165, 1.54) is 4.68 Å². The van der Waals surface area contributed by atoms with Gasteiger partial charge in [-0.25, -0.2) is 4.68 Å². The summed E-state index contributed by atoms with van der Waals surface area (Å²) in [6.45, 7) is 4.58. The van der Waals surface area contributed by atoms with Crippen LogP contribution >= 0.6 is 11.6 Å². The Balaban J connectivity index is 2.87. The van der Waals surface area contributed by atoms with Gasteiger partial charge in [0, 0.05) is 19.0 Å². The molecule has 0 aliphatic rings. The van der Waals surface area contributed by atoms with Crippen LogP contribution < -0.4 is 10.9 Å². The van der Waals surface area contributed by atoms with Gasteiger partial charge < -0.3 is 5.32 Å². The Morgan fingerprint density at radius 1 is 1.67 bits per heavy atom. The van der Waals surface area contributed by atoms with Crippen LogP contribution in [0.15, 0.2) is 11.0 Å². The van der Waals surface area contributed by atoms with Crippen molar-refractivity contribution in [2.24, 2.45) is 0 Å². The lowest BCUT2D eigenvalue weighted by Crippen LogP contribution is -2.25. The highest BCUT2D eigenvalue weighted by molar-refractivity contribution is 6.32. The Morgan fingerprint density at radius 3 is 3.00 bits per heavy atom. The van der Waals surface area contributed by atoms with Crippen molar-refractivity contribution in [1.29, 1.82) is 0 Å². The minimum Gasteiger partial charge on any atom is -0.379 e. The molecule has 0 fully saturated rings. The minimum atomic E-state index is -0.261. The van der Waals surface area contributed by atoms with E-state index >= 15 is 0 Å². The molecule has 1 aromatic heterocycles. The van der Waals surface area contributed by atoms with E-state index in [4.69, 9.17) is 18.0 Å². The molecule has 0 saturated heterocycles. The Bertz CT molecular complexity index is 490. The molecule has 0 bridgehead atoms. The van der Waals surface area contributed by atoms with Crippen LogP contribution in [0.3, 0.4) is 0 Å². The van der Waals surface area contributed by atoms with Gasteiger partial charge in [0.25, 0.3) is 5.56 Å². The lowest BCUT2D eigenvalue weighted by Gasteiger charge is -2.14. The second-order valence-corrected chi connectivity index (χ2v) is 4.59. The molecule has 98 valence electrons. The first-order valence-corrected chi connectivity index (χ1v) is 6.43. The average Bonchev–Trinajstić information content (AvgIpc) is 2.34. The van der Waals surface area contributed by atoms with E-state index in [2.05, 4.69) is 23.3 Å². The van der Waals surface area contributed by atoms with Crippen LogP contribution in [0.5, 0.6) is 0 Å². The average molecular weight is 268 g/mol. The number of hydrogen-bond acceptors (Lipinski definition) is 3. The highest BCUT2D eigenvalue weighted by Crippen LogP contribution is 2.17. The molecule has 0 aliphatic heterocycles. The smallest absolute Gasteiger partial charge is 0.287 e. The highest BCUT2D eigenvalue weighted by Gasteiger charge is 2.10. The van der Waals surface area contributed by atoms with E-state index in [-0.39, 0.29) is 16.6 Å². The van der Waals surface area contributed by atoms with Crippen LogP contribution in [-0.2, 0) is 6.54 Å². The number of terminal acetylenes is 1. The Labute approximate surface area is 112 Å². The number of nitrogens with zero attached hydrogens (tertiary/aromatic N) is 2. The van der Waals surface area contributed by atoms with Gasteiger partial charge in [-0.15, -0.1) is 12.3 Å². The molecular formula is C13H18ClN3O. The van der Waals surface area contributed by atoms with Crippen molar-refractivity contribution in [1.82, 2.24) is 9.78 Å². The molecule has 0 spiro atoms. The molecule has 1 rings (SSSR count). The molecule has 18 heavy (non-hydrogen) atoms. The lowest BCUT2D eigenvalue weighted by molar-refractivity contribution is 0.543. The van der Waals surface area contributed by atoms with Crippen LogP contribution in [0.25, 0.3) is 0 Å². The second-order valence-electron chi connectivity index (χ2n) is 4.21. The zero-order valence-corrected chi connectivity index (χ0v) is 11.5. The third-order valence-electron chi connectivity index (χ3n) is 2.53. The third-order valence-corrected chi connectivity index (χ3v) is 2.90. The van der Waals surface area contributed by atoms with Crippen LogP contribution in [0.4, 0.5) is 5.69 Å². The van der Waals surface area contributed by atoms with Crippen molar-refractivity contribution in [2.45, 2.75) is 45.7 Å². The van der Waals surface area contributed by atoms with E-state index in [0.29, 0.717) is 18.7 Å². The third kappa shape index (κ3) is 3.78. The van der Waals surface area contributed by atoms with Gasteiger partial charge in [-0.1, -0.05) is 24.9 Å². The number of halogens is 1. The van der Waals surface area contributed by atoms with Gasteiger partial charge in [-0.3, -0.25) is 4.79 Å². The molecule has 0 radical (unpaired) electrons. The fraction of sp³-hybridized carbons (Fsp3) is 0.538. The molecule has 1 aromatic rings. The summed E-state index contributed by atoms with van der Waals surface area (Å²) < 4.78 is 1.39.